The number of carbonyl (C=O) groups excluding carboxylic acids is 1. The number of nitrogens with zero attached hydrogens (tertiary/aromatic N) is 6. The predicted molar refractivity (Wildman–Crippen MR) is 136 cm³/mol. The Kier molecular flexibility index (Phi) is 7.11. The highest BCUT2D eigenvalue weighted by atomic mass is 35.5. The molecule has 0 aliphatic carbocycles. The molecule has 0 aliphatic heterocycles. The van der Waals surface area contributed by atoms with Gasteiger partial charge in [-0.1, -0.05) is 40.9 Å². The molecule has 180 valence electrons. The van der Waals surface area contributed by atoms with Gasteiger partial charge >= 0.3 is 5.97 Å². The third-order valence-electron chi connectivity index (χ3n) is 4.38. The minimum Gasteiger partial charge on any atom is -0.456 e. The van der Waals surface area contributed by atoms with Crippen LogP contribution in [-0.2, 0) is 4.74 Å². The third-order valence-corrected chi connectivity index (χ3v) is 5.04. The van der Waals surface area contributed by atoms with Gasteiger partial charge in [-0.2, -0.15) is 14.7 Å². The summed E-state index contributed by atoms with van der Waals surface area (Å²) in [5, 5.41) is 12.5. The molecule has 0 radical (unpaired) electrons. The molecule has 0 aliphatic rings. The van der Waals surface area contributed by atoms with Crippen LogP contribution in [0.4, 0.5) is 11.5 Å². The number of carbonyl (C=O) groups is 1. The Hall–Kier alpha value is -3.40. The lowest BCUT2D eigenvalue weighted by molar-refractivity contribution is 0.00695. The lowest BCUT2D eigenvalue weighted by Gasteiger charge is -2.19. The summed E-state index contributed by atoms with van der Waals surface area (Å²) < 4.78 is 8.53. The number of benzene rings is 1. The van der Waals surface area contributed by atoms with Crippen LogP contribution < -0.4 is 5.32 Å². The summed E-state index contributed by atoms with van der Waals surface area (Å²) in [5.74, 6) is 0.277. The molecule has 0 atom stereocenters. The molecule has 0 saturated carbocycles. The SMILES string of the molecule is CC(C)(C)OC(=O)c1cccc(Nc2cc(Cl)nc3ccnn23)c1.Clc1cc(Cl)n2nccc2n1. The van der Waals surface area contributed by atoms with Gasteiger partial charge in [0.25, 0.3) is 0 Å². The van der Waals surface area contributed by atoms with E-state index in [0.717, 1.165) is 5.69 Å². The second-order valence-corrected chi connectivity index (χ2v) is 9.44. The van der Waals surface area contributed by atoms with Gasteiger partial charge in [-0.3, -0.25) is 0 Å². The van der Waals surface area contributed by atoms with Crippen LogP contribution in [0.15, 0.2) is 60.9 Å². The highest BCUT2D eigenvalue weighted by Gasteiger charge is 2.18. The molecule has 9 nitrogen and oxygen atoms in total. The zero-order valence-corrected chi connectivity index (χ0v) is 21.2. The fraction of sp³-hybridized carbons (Fsp3) is 0.174. The van der Waals surface area contributed by atoms with Crippen LogP contribution in [0.3, 0.4) is 0 Å². The second kappa shape index (κ2) is 10.1. The second-order valence-electron chi connectivity index (χ2n) is 8.28. The summed E-state index contributed by atoms with van der Waals surface area (Å²) in [5.41, 5.74) is 1.93. The molecule has 5 aromatic rings. The highest BCUT2D eigenvalue weighted by Crippen LogP contribution is 2.22. The lowest BCUT2D eigenvalue weighted by atomic mass is 10.1. The number of halogens is 3. The van der Waals surface area contributed by atoms with Crippen LogP contribution in [0.5, 0.6) is 0 Å². The Morgan fingerprint density at radius 3 is 2.20 bits per heavy atom. The summed E-state index contributed by atoms with van der Waals surface area (Å²) in [6, 6.07) is 13.8. The van der Waals surface area contributed by atoms with E-state index in [1.807, 2.05) is 26.8 Å². The highest BCUT2D eigenvalue weighted by molar-refractivity contribution is 6.33. The first kappa shape index (κ1) is 24.7. The van der Waals surface area contributed by atoms with Crippen molar-refractivity contribution >= 4 is 63.6 Å². The van der Waals surface area contributed by atoms with Gasteiger partial charge < -0.3 is 10.1 Å². The molecule has 0 bridgehead atoms. The first-order chi connectivity index (χ1) is 16.6. The van der Waals surface area contributed by atoms with Gasteiger partial charge in [0.2, 0.25) is 0 Å². The molecule has 4 heterocycles. The standard InChI is InChI=1S/C17H17ClN4O2.C6H3Cl2N3/c1-17(2,3)24-16(23)11-5-4-6-12(9-11)20-15-10-13(18)21-14-7-8-19-22(14)15;7-4-3-5(8)11-6(10-4)1-2-9-11/h4-10,20H,1-3H3;1-3H. The van der Waals surface area contributed by atoms with Gasteiger partial charge in [-0.05, 0) is 39.0 Å². The van der Waals surface area contributed by atoms with Crippen molar-refractivity contribution in [3.8, 4) is 0 Å². The van der Waals surface area contributed by atoms with Crippen molar-refractivity contribution in [1.82, 2.24) is 29.2 Å². The molecular formula is C23H20Cl3N7O2. The maximum Gasteiger partial charge on any atom is 0.338 e. The Labute approximate surface area is 215 Å². The van der Waals surface area contributed by atoms with E-state index >= 15 is 0 Å². The van der Waals surface area contributed by atoms with Crippen molar-refractivity contribution in [1.29, 1.82) is 0 Å². The van der Waals surface area contributed by atoms with Crippen LogP contribution in [0.2, 0.25) is 15.5 Å². The predicted octanol–water partition coefficient (Wildman–Crippen LogP) is 6.12. The van der Waals surface area contributed by atoms with Crippen LogP contribution in [0.1, 0.15) is 31.1 Å². The van der Waals surface area contributed by atoms with Crippen LogP contribution in [0, 0.1) is 0 Å². The first-order valence-corrected chi connectivity index (χ1v) is 11.5. The molecule has 0 saturated heterocycles. The Morgan fingerprint density at radius 1 is 0.886 bits per heavy atom. The molecule has 1 N–H and O–H groups in total. The minimum absolute atomic E-state index is 0.355. The number of rotatable bonds is 3. The molecule has 4 aromatic heterocycles. The van der Waals surface area contributed by atoms with Crippen LogP contribution in [-0.4, -0.2) is 40.8 Å². The number of hydrogen-bond donors (Lipinski definition) is 1. The topological polar surface area (TPSA) is 98.7 Å². The van der Waals surface area contributed by atoms with Gasteiger partial charge in [0.1, 0.15) is 26.9 Å². The lowest BCUT2D eigenvalue weighted by Crippen LogP contribution is -2.23. The van der Waals surface area contributed by atoms with Crippen molar-refractivity contribution in [2.45, 2.75) is 26.4 Å². The summed E-state index contributed by atoms with van der Waals surface area (Å²) in [7, 11) is 0. The Balaban J connectivity index is 0.000000218. The fourth-order valence-electron chi connectivity index (χ4n) is 3.03. The first-order valence-electron chi connectivity index (χ1n) is 10.4. The Morgan fingerprint density at radius 2 is 1.51 bits per heavy atom. The number of hydrogen-bond acceptors (Lipinski definition) is 7. The van der Waals surface area contributed by atoms with Crippen molar-refractivity contribution in [3.05, 3.63) is 81.9 Å². The average molecular weight is 533 g/mol. The van der Waals surface area contributed by atoms with Crippen LogP contribution >= 0.6 is 34.8 Å². The maximum atomic E-state index is 12.2. The van der Waals surface area contributed by atoms with Crippen LogP contribution in [0.25, 0.3) is 11.3 Å². The number of esters is 1. The average Bonchev–Trinajstić information content (AvgIpc) is 3.42. The van der Waals surface area contributed by atoms with E-state index in [4.69, 9.17) is 39.5 Å². The molecule has 0 amide bonds. The van der Waals surface area contributed by atoms with Gasteiger partial charge in [-0.15, -0.1) is 0 Å². The molecule has 35 heavy (non-hydrogen) atoms. The van der Waals surface area contributed by atoms with Gasteiger partial charge in [0, 0.05) is 30.0 Å². The van der Waals surface area contributed by atoms with Gasteiger partial charge in [-0.25, -0.2) is 19.3 Å². The molecule has 12 heteroatoms. The molecule has 0 fully saturated rings. The summed E-state index contributed by atoms with van der Waals surface area (Å²) in [4.78, 5) is 20.3. The van der Waals surface area contributed by atoms with E-state index in [9.17, 15) is 4.79 Å². The van der Waals surface area contributed by atoms with Crippen molar-refractivity contribution in [2.75, 3.05) is 5.32 Å². The summed E-state index contributed by atoms with van der Waals surface area (Å²) >= 11 is 17.5. The quantitative estimate of drug-likeness (QED) is 0.221. The fourth-order valence-corrected chi connectivity index (χ4v) is 3.70. The molecule has 1 aromatic carbocycles. The number of aromatic nitrogens is 6. The third kappa shape index (κ3) is 6.19. The molecule has 0 spiro atoms. The number of anilines is 2. The van der Waals surface area contributed by atoms with Crippen molar-refractivity contribution in [3.63, 3.8) is 0 Å². The van der Waals surface area contributed by atoms with Gasteiger partial charge in [0.15, 0.2) is 11.3 Å². The molecular weight excluding hydrogens is 513 g/mol. The zero-order chi connectivity index (χ0) is 25.2. The minimum atomic E-state index is -0.541. The van der Waals surface area contributed by atoms with Crippen molar-refractivity contribution in [2.24, 2.45) is 0 Å². The van der Waals surface area contributed by atoms with Crippen molar-refractivity contribution < 1.29 is 9.53 Å². The zero-order valence-electron chi connectivity index (χ0n) is 18.9. The largest absolute Gasteiger partial charge is 0.456 e. The summed E-state index contributed by atoms with van der Waals surface area (Å²) in [6.07, 6.45) is 3.26. The summed E-state index contributed by atoms with van der Waals surface area (Å²) in [6.45, 7) is 5.50. The van der Waals surface area contributed by atoms with E-state index < -0.39 is 5.60 Å². The number of fused-ring (bicyclic) bond motifs is 2. The van der Waals surface area contributed by atoms with E-state index in [1.54, 1.807) is 59.4 Å². The number of nitrogens with one attached hydrogen (secondary N) is 1. The normalized spacial score (nSPS) is 11.3. The maximum absolute atomic E-state index is 12.2. The van der Waals surface area contributed by atoms with E-state index in [2.05, 4.69) is 25.5 Å². The number of ether oxygens (including phenoxy) is 1. The molecule has 5 rings (SSSR count). The van der Waals surface area contributed by atoms with Gasteiger partial charge in [0.05, 0.1) is 18.0 Å². The van der Waals surface area contributed by atoms with E-state index in [-0.39, 0.29) is 5.97 Å². The molecule has 0 unspecified atom stereocenters. The smallest absolute Gasteiger partial charge is 0.338 e. The monoisotopic (exact) mass is 531 g/mol. The Bertz CT molecular complexity index is 1510. The van der Waals surface area contributed by atoms with E-state index in [1.165, 1.54) is 4.52 Å². The van der Waals surface area contributed by atoms with E-state index in [0.29, 0.717) is 38.1 Å².